The van der Waals surface area contributed by atoms with Crippen molar-refractivity contribution in [2.45, 2.75) is 6.42 Å². The van der Waals surface area contributed by atoms with Gasteiger partial charge >= 0.3 is 0 Å². The molecule has 1 unspecified atom stereocenters. The van der Waals surface area contributed by atoms with E-state index in [0.29, 0.717) is 11.7 Å². The van der Waals surface area contributed by atoms with E-state index in [4.69, 9.17) is 0 Å². The van der Waals surface area contributed by atoms with Gasteiger partial charge in [0.05, 0.1) is 16.1 Å². The van der Waals surface area contributed by atoms with Gasteiger partial charge < -0.3 is 5.32 Å². The van der Waals surface area contributed by atoms with E-state index in [1.54, 1.807) is 0 Å². The Morgan fingerprint density at radius 3 is 3.15 bits per heavy atom. The van der Waals surface area contributed by atoms with E-state index in [-0.39, 0.29) is 11.8 Å². The molecule has 0 saturated carbocycles. The van der Waals surface area contributed by atoms with Crippen molar-refractivity contribution >= 4 is 48.5 Å². The molecule has 102 valence electrons. The second-order valence-corrected chi connectivity index (χ2v) is 6.50. The molecule has 2 heterocycles. The van der Waals surface area contributed by atoms with Gasteiger partial charge in [-0.1, -0.05) is 27.3 Å². The molecule has 1 fully saturated rings. The molecule has 0 bridgehead atoms. The van der Waals surface area contributed by atoms with Crippen molar-refractivity contribution in [2.75, 3.05) is 18.0 Å². The number of hydrogen-bond acceptors (Lipinski definition) is 5. The van der Waals surface area contributed by atoms with Crippen LogP contribution < -0.4 is 10.2 Å². The predicted molar refractivity (Wildman–Crippen MR) is 81.4 cm³/mol. The van der Waals surface area contributed by atoms with E-state index in [0.717, 1.165) is 32.6 Å². The van der Waals surface area contributed by atoms with Gasteiger partial charge in [-0.2, -0.15) is 10.2 Å². The Balaban J connectivity index is 1.94. The third kappa shape index (κ3) is 2.42. The molecule has 5 nitrogen and oxygen atoms in total. The van der Waals surface area contributed by atoms with Crippen LogP contribution in [0, 0.1) is 17.4 Å². The van der Waals surface area contributed by atoms with E-state index < -0.39 is 0 Å². The molecule has 7 heteroatoms. The number of nitriles is 1. The molecule has 1 N–H and O–H groups in total. The minimum atomic E-state index is -0.171. The summed E-state index contributed by atoms with van der Waals surface area (Å²) in [4.78, 5) is 17.8. The highest BCUT2D eigenvalue weighted by atomic mass is 79.9. The van der Waals surface area contributed by atoms with E-state index in [1.807, 2.05) is 24.4 Å². The van der Waals surface area contributed by atoms with Crippen molar-refractivity contribution in [3.05, 3.63) is 22.7 Å². The molecular formula is C13H11BrN4OS. The van der Waals surface area contributed by atoms with Gasteiger partial charge in [0.1, 0.15) is 0 Å². The Morgan fingerprint density at radius 1 is 1.60 bits per heavy atom. The highest BCUT2D eigenvalue weighted by Crippen LogP contribution is 2.31. The standard InChI is InChI=1S/C13H11BrN4OS/c14-9-1-2-10-11(5-9)20-13(17-10)18(7-15)12(19)8-3-4-16-6-8/h1-2,5,8,16H,3-4,6H2. The lowest BCUT2D eigenvalue weighted by atomic mass is 10.1. The topological polar surface area (TPSA) is 69.0 Å². The maximum atomic E-state index is 12.3. The van der Waals surface area contributed by atoms with Crippen LogP contribution >= 0.6 is 27.3 Å². The molecule has 1 saturated heterocycles. The van der Waals surface area contributed by atoms with Gasteiger partial charge in [-0.05, 0) is 31.2 Å². The maximum Gasteiger partial charge on any atom is 0.246 e. The van der Waals surface area contributed by atoms with E-state index in [1.165, 1.54) is 11.3 Å². The molecule has 20 heavy (non-hydrogen) atoms. The molecule has 1 aliphatic heterocycles. The number of fused-ring (bicyclic) bond motifs is 1. The third-order valence-electron chi connectivity index (χ3n) is 3.26. The Kier molecular flexibility index (Phi) is 3.70. The van der Waals surface area contributed by atoms with Crippen LogP contribution in [-0.4, -0.2) is 24.0 Å². The quantitative estimate of drug-likeness (QED) is 0.667. The number of hydrogen-bond donors (Lipinski definition) is 1. The molecule has 0 spiro atoms. The molecule has 0 radical (unpaired) electrons. The van der Waals surface area contributed by atoms with Crippen LogP contribution in [0.25, 0.3) is 10.2 Å². The average Bonchev–Trinajstić information content (AvgIpc) is 3.07. The van der Waals surface area contributed by atoms with Crippen molar-refractivity contribution in [1.29, 1.82) is 5.26 Å². The largest absolute Gasteiger partial charge is 0.316 e. The van der Waals surface area contributed by atoms with Gasteiger partial charge in [-0.25, -0.2) is 4.98 Å². The summed E-state index contributed by atoms with van der Waals surface area (Å²) >= 11 is 4.76. The summed E-state index contributed by atoms with van der Waals surface area (Å²) in [5.41, 5.74) is 0.797. The van der Waals surface area contributed by atoms with Gasteiger partial charge in [0.25, 0.3) is 0 Å². The lowest BCUT2D eigenvalue weighted by molar-refractivity contribution is -0.121. The first-order valence-electron chi connectivity index (χ1n) is 6.19. The zero-order valence-corrected chi connectivity index (χ0v) is 12.9. The third-order valence-corrected chi connectivity index (χ3v) is 4.76. The zero-order valence-electron chi connectivity index (χ0n) is 10.5. The summed E-state index contributed by atoms with van der Waals surface area (Å²) in [6.07, 6.45) is 2.73. The summed E-state index contributed by atoms with van der Waals surface area (Å²) in [5, 5.41) is 12.9. The van der Waals surface area contributed by atoms with Crippen LogP contribution in [0.2, 0.25) is 0 Å². The molecule has 1 aliphatic rings. The SMILES string of the molecule is N#CN(C(=O)C1CCNC1)c1nc2ccc(Br)cc2s1. The zero-order chi connectivity index (χ0) is 14.1. The first kappa shape index (κ1) is 13.5. The number of anilines is 1. The van der Waals surface area contributed by atoms with Gasteiger partial charge in [-0.3, -0.25) is 4.79 Å². The number of aromatic nitrogens is 1. The number of thiazole rings is 1. The van der Waals surface area contributed by atoms with Crippen LogP contribution in [0.1, 0.15) is 6.42 Å². The number of rotatable bonds is 2. The van der Waals surface area contributed by atoms with Gasteiger partial charge in [0.2, 0.25) is 11.0 Å². The number of halogens is 1. The Bertz CT molecular complexity index is 702. The Hall–Kier alpha value is -1.49. The van der Waals surface area contributed by atoms with Crippen molar-refractivity contribution in [3.63, 3.8) is 0 Å². The van der Waals surface area contributed by atoms with Gasteiger partial charge in [0, 0.05) is 11.0 Å². The monoisotopic (exact) mass is 350 g/mol. The molecule has 1 aromatic heterocycles. The second-order valence-electron chi connectivity index (χ2n) is 4.57. The molecular weight excluding hydrogens is 340 g/mol. The molecule has 3 rings (SSSR count). The summed E-state index contributed by atoms with van der Waals surface area (Å²) in [5.74, 6) is -0.302. The number of benzene rings is 1. The van der Waals surface area contributed by atoms with Crippen LogP contribution in [0.3, 0.4) is 0 Å². The lowest BCUT2D eigenvalue weighted by Crippen LogP contribution is -2.33. The number of nitrogens with one attached hydrogen (secondary N) is 1. The van der Waals surface area contributed by atoms with Gasteiger partial charge in [0.15, 0.2) is 6.19 Å². The predicted octanol–water partition coefficient (Wildman–Crippen LogP) is 2.48. The Labute approximate surface area is 128 Å². The van der Waals surface area contributed by atoms with Crippen LogP contribution in [0.4, 0.5) is 5.13 Å². The first-order valence-corrected chi connectivity index (χ1v) is 7.80. The molecule has 0 aliphatic carbocycles. The number of carbonyl (C=O) groups is 1. The fourth-order valence-electron chi connectivity index (χ4n) is 2.22. The number of nitrogens with zero attached hydrogens (tertiary/aromatic N) is 3. The average molecular weight is 351 g/mol. The highest BCUT2D eigenvalue weighted by molar-refractivity contribution is 9.10. The summed E-state index contributed by atoms with van der Waals surface area (Å²) in [7, 11) is 0. The fourth-order valence-corrected chi connectivity index (χ4v) is 3.70. The van der Waals surface area contributed by atoms with Crippen LogP contribution in [0.5, 0.6) is 0 Å². The highest BCUT2D eigenvalue weighted by Gasteiger charge is 2.29. The van der Waals surface area contributed by atoms with Crippen molar-refractivity contribution in [3.8, 4) is 6.19 Å². The summed E-state index contributed by atoms with van der Waals surface area (Å²) < 4.78 is 1.90. The summed E-state index contributed by atoms with van der Waals surface area (Å²) in [6, 6.07) is 5.70. The number of amides is 1. The first-order chi connectivity index (χ1) is 9.69. The fraction of sp³-hybridized carbons (Fsp3) is 0.308. The molecule has 1 aromatic carbocycles. The second kappa shape index (κ2) is 5.48. The normalized spacial score (nSPS) is 18.1. The van der Waals surface area contributed by atoms with Crippen molar-refractivity contribution < 1.29 is 4.79 Å². The Morgan fingerprint density at radius 2 is 2.45 bits per heavy atom. The molecule has 2 aromatic rings. The number of carbonyl (C=O) groups excluding carboxylic acids is 1. The lowest BCUT2D eigenvalue weighted by Gasteiger charge is -2.14. The van der Waals surface area contributed by atoms with E-state index >= 15 is 0 Å². The molecule has 1 amide bonds. The minimum Gasteiger partial charge on any atom is -0.316 e. The smallest absolute Gasteiger partial charge is 0.246 e. The van der Waals surface area contributed by atoms with E-state index in [9.17, 15) is 10.1 Å². The van der Waals surface area contributed by atoms with Crippen LogP contribution in [-0.2, 0) is 4.79 Å². The molecule has 1 atom stereocenters. The van der Waals surface area contributed by atoms with Crippen molar-refractivity contribution in [1.82, 2.24) is 10.3 Å². The maximum absolute atomic E-state index is 12.3. The van der Waals surface area contributed by atoms with Crippen LogP contribution in [0.15, 0.2) is 22.7 Å². The minimum absolute atomic E-state index is 0.131. The van der Waals surface area contributed by atoms with Crippen molar-refractivity contribution in [2.24, 2.45) is 5.92 Å². The van der Waals surface area contributed by atoms with E-state index in [2.05, 4.69) is 26.2 Å². The van der Waals surface area contributed by atoms with Gasteiger partial charge in [-0.15, -0.1) is 0 Å². The summed E-state index contributed by atoms with van der Waals surface area (Å²) in [6.45, 7) is 1.45.